The van der Waals surface area contributed by atoms with Gasteiger partial charge >= 0.3 is 0 Å². The van der Waals surface area contributed by atoms with E-state index in [2.05, 4.69) is 19.2 Å². The average molecular weight is 254 g/mol. The minimum atomic E-state index is -0.591. The fourth-order valence-corrected chi connectivity index (χ4v) is 1.71. The van der Waals surface area contributed by atoms with Crippen LogP contribution in [0.25, 0.3) is 0 Å². The van der Waals surface area contributed by atoms with Crippen molar-refractivity contribution in [1.29, 1.82) is 0 Å². The molecule has 0 unspecified atom stereocenters. The molecule has 0 heterocycles. The van der Waals surface area contributed by atoms with Crippen LogP contribution < -0.4 is 5.32 Å². The van der Waals surface area contributed by atoms with E-state index in [-0.39, 0.29) is 5.69 Å². The van der Waals surface area contributed by atoms with Crippen LogP contribution in [-0.2, 0) is 0 Å². The van der Waals surface area contributed by atoms with Gasteiger partial charge in [-0.2, -0.15) is 0 Å². The molecule has 0 aliphatic rings. The summed E-state index contributed by atoms with van der Waals surface area (Å²) in [5, 5.41) is 13.7. The summed E-state index contributed by atoms with van der Waals surface area (Å²) in [5.74, 6) is 0.0808. The lowest BCUT2D eigenvalue weighted by molar-refractivity contribution is -0.384. The van der Waals surface area contributed by atoms with Gasteiger partial charge in [0.25, 0.3) is 5.69 Å². The Balaban J connectivity index is 2.49. The Morgan fingerprint density at radius 1 is 1.39 bits per heavy atom. The van der Waals surface area contributed by atoms with E-state index < -0.39 is 10.7 Å². The predicted octanol–water partition coefficient (Wildman–Crippen LogP) is 3.97. The average Bonchev–Trinajstić information content (AvgIpc) is 2.29. The number of rotatable bonds is 7. The lowest BCUT2D eigenvalue weighted by Gasteiger charge is -2.08. The quantitative estimate of drug-likeness (QED) is 0.455. The van der Waals surface area contributed by atoms with E-state index in [9.17, 15) is 14.5 Å². The van der Waals surface area contributed by atoms with Crippen LogP contribution in [0.2, 0.25) is 0 Å². The van der Waals surface area contributed by atoms with Gasteiger partial charge in [0.05, 0.1) is 11.0 Å². The molecule has 0 radical (unpaired) electrons. The molecule has 5 heteroatoms. The highest BCUT2D eigenvalue weighted by atomic mass is 19.1. The number of nitrogens with zero attached hydrogens (tertiary/aromatic N) is 1. The molecule has 1 aromatic carbocycles. The zero-order chi connectivity index (χ0) is 13.5. The van der Waals surface area contributed by atoms with Crippen molar-refractivity contribution in [2.24, 2.45) is 5.92 Å². The summed E-state index contributed by atoms with van der Waals surface area (Å²) in [4.78, 5) is 10.2. The van der Waals surface area contributed by atoms with Crippen LogP contribution in [0.5, 0.6) is 0 Å². The van der Waals surface area contributed by atoms with Gasteiger partial charge in [-0.15, -0.1) is 0 Å². The maximum atomic E-state index is 12.9. The number of hydrogen-bond acceptors (Lipinski definition) is 3. The molecule has 0 aliphatic carbocycles. The van der Waals surface area contributed by atoms with Gasteiger partial charge in [-0.3, -0.25) is 10.1 Å². The van der Waals surface area contributed by atoms with E-state index >= 15 is 0 Å². The summed E-state index contributed by atoms with van der Waals surface area (Å²) in [5.41, 5.74) is 0.171. The molecule has 0 spiro atoms. The lowest BCUT2D eigenvalue weighted by Crippen LogP contribution is -2.05. The zero-order valence-electron chi connectivity index (χ0n) is 10.8. The first-order chi connectivity index (χ1) is 8.50. The topological polar surface area (TPSA) is 55.2 Å². The number of nitrogens with one attached hydrogen (secondary N) is 1. The smallest absolute Gasteiger partial charge is 0.295 e. The Kier molecular flexibility index (Phi) is 5.55. The van der Waals surface area contributed by atoms with Crippen molar-refractivity contribution >= 4 is 11.4 Å². The van der Waals surface area contributed by atoms with Crippen LogP contribution >= 0.6 is 0 Å². The van der Waals surface area contributed by atoms with E-state index in [1.54, 1.807) is 0 Å². The van der Waals surface area contributed by atoms with Crippen LogP contribution in [-0.4, -0.2) is 11.5 Å². The van der Waals surface area contributed by atoms with Crippen molar-refractivity contribution in [3.8, 4) is 0 Å². The number of benzene rings is 1. The number of anilines is 1. The molecule has 0 atom stereocenters. The van der Waals surface area contributed by atoms with Gasteiger partial charge in [0.2, 0.25) is 0 Å². The summed E-state index contributed by atoms with van der Waals surface area (Å²) in [7, 11) is 0. The van der Waals surface area contributed by atoms with E-state index in [4.69, 9.17) is 0 Å². The molecule has 0 aliphatic heterocycles. The van der Waals surface area contributed by atoms with Gasteiger partial charge < -0.3 is 5.32 Å². The number of unbranched alkanes of at least 4 members (excludes halogenated alkanes) is 1. The molecule has 1 rings (SSSR count). The number of halogens is 1. The number of nitro groups is 1. The first kappa shape index (κ1) is 14.4. The highest BCUT2D eigenvalue weighted by Crippen LogP contribution is 2.24. The van der Waals surface area contributed by atoms with Gasteiger partial charge in [-0.25, -0.2) is 4.39 Å². The molecule has 1 aromatic rings. The monoisotopic (exact) mass is 254 g/mol. The molecule has 4 nitrogen and oxygen atoms in total. The van der Waals surface area contributed by atoms with E-state index in [0.717, 1.165) is 25.3 Å². The molecule has 0 saturated carbocycles. The second-order valence-corrected chi connectivity index (χ2v) is 4.73. The third kappa shape index (κ3) is 4.69. The van der Waals surface area contributed by atoms with Gasteiger partial charge in [-0.05, 0) is 24.5 Å². The summed E-state index contributed by atoms with van der Waals surface area (Å²) in [6.07, 6.45) is 3.18. The normalized spacial score (nSPS) is 10.7. The molecule has 0 aromatic heterocycles. The minimum absolute atomic E-state index is 0.209. The van der Waals surface area contributed by atoms with Crippen LogP contribution in [0.15, 0.2) is 18.2 Å². The maximum Gasteiger partial charge on any atom is 0.295 e. The summed E-state index contributed by atoms with van der Waals surface area (Å²) >= 11 is 0. The minimum Gasteiger partial charge on any atom is -0.379 e. The molecular weight excluding hydrogens is 235 g/mol. The van der Waals surface area contributed by atoms with Crippen LogP contribution in [0.3, 0.4) is 0 Å². The Bertz CT molecular complexity index is 408. The highest BCUT2D eigenvalue weighted by Gasteiger charge is 2.14. The first-order valence-electron chi connectivity index (χ1n) is 6.18. The summed E-state index contributed by atoms with van der Waals surface area (Å²) < 4.78 is 12.9. The maximum absolute atomic E-state index is 12.9. The standard InChI is InChI=1S/C13H19FN2O2/c1-10(2)5-3-4-8-15-12-7-6-11(14)9-13(12)16(17)18/h6-7,9-10,15H,3-5,8H2,1-2H3. The van der Waals surface area contributed by atoms with Crippen molar-refractivity contribution in [3.05, 3.63) is 34.1 Å². The van der Waals surface area contributed by atoms with Gasteiger partial charge in [0.1, 0.15) is 11.5 Å². The Hall–Kier alpha value is -1.65. The van der Waals surface area contributed by atoms with Gasteiger partial charge in [0, 0.05) is 6.54 Å². The molecule has 100 valence electrons. The first-order valence-corrected chi connectivity index (χ1v) is 6.18. The van der Waals surface area contributed by atoms with Crippen molar-refractivity contribution in [1.82, 2.24) is 0 Å². The Morgan fingerprint density at radius 2 is 2.11 bits per heavy atom. The molecule has 1 N–H and O–H groups in total. The third-order valence-corrected chi connectivity index (χ3v) is 2.68. The van der Waals surface area contributed by atoms with E-state index in [1.165, 1.54) is 12.1 Å². The predicted molar refractivity (Wildman–Crippen MR) is 70.2 cm³/mol. The Morgan fingerprint density at radius 3 is 2.72 bits per heavy atom. The third-order valence-electron chi connectivity index (χ3n) is 2.68. The highest BCUT2D eigenvalue weighted by molar-refractivity contribution is 5.61. The molecule has 0 amide bonds. The van der Waals surface area contributed by atoms with Gasteiger partial charge in [-0.1, -0.05) is 26.7 Å². The van der Waals surface area contributed by atoms with Crippen molar-refractivity contribution in [3.63, 3.8) is 0 Å². The second-order valence-electron chi connectivity index (χ2n) is 4.73. The summed E-state index contributed by atoms with van der Waals surface area (Å²) in [6.45, 7) is 5.00. The Labute approximate surface area is 106 Å². The fourth-order valence-electron chi connectivity index (χ4n) is 1.71. The summed E-state index contributed by atoms with van der Waals surface area (Å²) in [6, 6.07) is 3.58. The number of hydrogen-bond donors (Lipinski definition) is 1. The lowest BCUT2D eigenvalue weighted by atomic mass is 10.1. The van der Waals surface area contributed by atoms with E-state index in [1.807, 2.05) is 0 Å². The largest absolute Gasteiger partial charge is 0.379 e. The van der Waals surface area contributed by atoms with Crippen LogP contribution in [0, 0.1) is 21.8 Å². The molecular formula is C13H19FN2O2. The van der Waals surface area contributed by atoms with Gasteiger partial charge in [0.15, 0.2) is 0 Å². The van der Waals surface area contributed by atoms with Crippen molar-refractivity contribution in [2.75, 3.05) is 11.9 Å². The van der Waals surface area contributed by atoms with Crippen molar-refractivity contribution in [2.45, 2.75) is 33.1 Å². The zero-order valence-corrected chi connectivity index (χ0v) is 10.8. The fraction of sp³-hybridized carbons (Fsp3) is 0.538. The SMILES string of the molecule is CC(C)CCCCNc1ccc(F)cc1[N+](=O)[O-]. The van der Waals surface area contributed by atoms with Crippen LogP contribution in [0.1, 0.15) is 33.1 Å². The second kappa shape index (κ2) is 6.93. The molecule has 0 fully saturated rings. The molecule has 0 bridgehead atoms. The molecule has 0 saturated heterocycles. The van der Waals surface area contributed by atoms with Crippen LogP contribution in [0.4, 0.5) is 15.8 Å². The molecule has 18 heavy (non-hydrogen) atoms. The number of nitro benzene ring substituents is 1. The van der Waals surface area contributed by atoms with E-state index in [0.29, 0.717) is 18.2 Å². The van der Waals surface area contributed by atoms with Crippen molar-refractivity contribution < 1.29 is 9.31 Å².